The van der Waals surface area contributed by atoms with E-state index in [4.69, 9.17) is 10.5 Å². The van der Waals surface area contributed by atoms with Gasteiger partial charge in [-0.15, -0.1) is 5.10 Å². The molecule has 6 heteroatoms. The molecule has 0 aromatic carbocycles. The molecule has 80 valence electrons. The molecule has 0 fully saturated rings. The SMILES string of the molecule is CCOC(C)c1nc(N)c2nccn2n1. The van der Waals surface area contributed by atoms with E-state index in [-0.39, 0.29) is 6.10 Å². The Bertz CT molecular complexity index is 466. The summed E-state index contributed by atoms with van der Waals surface area (Å²) in [6.45, 7) is 4.43. The third-order valence-electron chi connectivity index (χ3n) is 2.08. The lowest BCUT2D eigenvalue weighted by atomic mass is 10.4. The first kappa shape index (κ1) is 9.85. The van der Waals surface area contributed by atoms with Crippen molar-refractivity contribution < 1.29 is 4.74 Å². The van der Waals surface area contributed by atoms with Gasteiger partial charge in [-0.1, -0.05) is 0 Å². The lowest BCUT2D eigenvalue weighted by Gasteiger charge is -2.10. The molecule has 0 aliphatic heterocycles. The Kier molecular flexibility index (Phi) is 2.51. The van der Waals surface area contributed by atoms with Gasteiger partial charge in [-0.05, 0) is 13.8 Å². The summed E-state index contributed by atoms with van der Waals surface area (Å²) < 4.78 is 7.00. The van der Waals surface area contributed by atoms with Crippen molar-refractivity contribution in [2.45, 2.75) is 20.0 Å². The maximum atomic E-state index is 5.75. The van der Waals surface area contributed by atoms with E-state index in [9.17, 15) is 0 Å². The second-order valence-corrected chi connectivity index (χ2v) is 3.15. The summed E-state index contributed by atoms with van der Waals surface area (Å²) in [5.74, 6) is 0.941. The maximum absolute atomic E-state index is 5.75. The van der Waals surface area contributed by atoms with Crippen LogP contribution in [0.1, 0.15) is 25.8 Å². The van der Waals surface area contributed by atoms with Gasteiger partial charge in [-0.25, -0.2) is 14.5 Å². The molecule has 1 atom stereocenters. The van der Waals surface area contributed by atoms with E-state index >= 15 is 0 Å². The van der Waals surface area contributed by atoms with Crippen molar-refractivity contribution in [2.75, 3.05) is 12.3 Å². The first-order valence-corrected chi connectivity index (χ1v) is 4.80. The summed E-state index contributed by atoms with van der Waals surface area (Å²) in [4.78, 5) is 8.19. The molecule has 0 bridgehead atoms. The number of hydrogen-bond donors (Lipinski definition) is 1. The molecule has 2 aromatic rings. The summed E-state index contributed by atoms with van der Waals surface area (Å²) >= 11 is 0. The van der Waals surface area contributed by atoms with E-state index < -0.39 is 0 Å². The summed E-state index contributed by atoms with van der Waals surface area (Å²) in [6.07, 6.45) is 3.20. The molecule has 2 heterocycles. The first-order valence-electron chi connectivity index (χ1n) is 4.80. The minimum Gasteiger partial charge on any atom is -0.380 e. The Morgan fingerprint density at radius 2 is 2.40 bits per heavy atom. The van der Waals surface area contributed by atoms with Crippen LogP contribution in [0.15, 0.2) is 12.4 Å². The quantitative estimate of drug-likeness (QED) is 0.805. The molecule has 2 rings (SSSR count). The molecular weight excluding hydrogens is 194 g/mol. The van der Waals surface area contributed by atoms with Gasteiger partial charge < -0.3 is 10.5 Å². The van der Waals surface area contributed by atoms with Gasteiger partial charge in [0.15, 0.2) is 17.3 Å². The topological polar surface area (TPSA) is 78.3 Å². The van der Waals surface area contributed by atoms with Gasteiger partial charge in [0.25, 0.3) is 0 Å². The third kappa shape index (κ3) is 1.75. The highest BCUT2D eigenvalue weighted by atomic mass is 16.5. The largest absolute Gasteiger partial charge is 0.380 e. The number of aromatic nitrogens is 4. The molecule has 0 saturated heterocycles. The monoisotopic (exact) mass is 207 g/mol. The van der Waals surface area contributed by atoms with E-state index in [1.165, 1.54) is 0 Å². The molecule has 0 spiro atoms. The Balaban J connectivity index is 2.44. The van der Waals surface area contributed by atoms with E-state index in [0.29, 0.717) is 23.9 Å². The highest BCUT2D eigenvalue weighted by molar-refractivity contribution is 5.58. The average Bonchev–Trinajstić information content (AvgIpc) is 2.66. The number of anilines is 1. The van der Waals surface area contributed by atoms with Crippen LogP contribution < -0.4 is 5.73 Å². The molecule has 1 unspecified atom stereocenters. The lowest BCUT2D eigenvalue weighted by Crippen LogP contribution is -2.10. The van der Waals surface area contributed by atoms with Crippen molar-refractivity contribution in [3.63, 3.8) is 0 Å². The Morgan fingerprint density at radius 1 is 1.60 bits per heavy atom. The summed E-state index contributed by atoms with van der Waals surface area (Å²) in [5, 5.41) is 4.25. The molecule has 0 saturated carbocycles. The predicted molar refractivity (Wildman–Crippen MR) is 55.2 cm³/mol. The van der Waals surface area contributed by atoms with Crippen LogP contribution in [0.2, 0.25) is 0 Å². The van der Waals surface area contributed by atoms with Crippen LogP contribution >= 0.6 is 0 Å². The minimum absolute atomic E-state index is 0.163. The van der Waals surface area contributed by atoms with Crippen LogP contribution in [-0.2, 0) is 4.74 Å². The van der Waals surface area contributed by atoms with E-state index in [1.54, 1.807) is 16.9 Å². The van der Waals surface area contributed by atoms with Crippen LogP contribution in [0.5, 0.6) is 0 Å². The van der Waals surface area contributed by atoms with Crippen molar-refractivity contribution in [1.82, 2.24) is 19.6 Å². The molecule has 2 N–H and O–H groups in total. The highest BCUT2D eigenvalue weighted by Gasteiger charge is 2.12. The van der Waals surface area contributed by atoms with Gasteiger partial charge in [0.05, 0.1) is 0 Å². The Hall–Kier alpha value is -1.69. The number of nitrogen functional groups attached to an aromatic ring is 1. The number of ether oxygens (including phenoxy) is 1. The average molecular weight is 207 g/mol. The molecular formula is C9H13N5O. The normalized spacial score (nSPS) is 13.2. The van der Waals surface area contributed by atoms with Crippen LogP contribution in [-0.4, -0.2) is 26.2 Å². The number of nitrogens with two attached hydrogens (primary N) is 1. The summed E-state index contributed by atoms with van der Waals surface area (Å²) in [7, 11) is 0. The zero-order valence-electron chi connectivity index (χ0n) is 8.71. The van der Waals surface area contributed by atoms with Gasteiger partial charge in [-0.2, -0.15) is 0 Å². The zero-order valence-corrected chi connectivity index (χ0v) is 8.71. The van der Waals surface area contributed by atoms with Gasteiger partial charge in [0, 0.05) is 19.0 Å². The van der Waals surface area contributed by atoms with Crippen LogP contribution in [0, 0.1) is 0 Å². The molecule has 2 aromatic heterocycles. The molecule has 0 aliphatic carbocycles. The molecule has 0 aliphatic rings. The second kappa shape index (κ2) is 3.82. The zero-order chi connectivity index (χ0) is 10.8. The predicted octanol–water partition coefficient (Wildman–Crippen LogP) is 0.804. The molecule has 6 nitrogen and oxygen atoms in total. The van der Waals surface area contributed by atoms with Gasteiger partial charge >= 0.3 is 0 Å². The lowest BCUT2D eigenvalue weighted by molar-refractivity contribution is 0.0692. The summed E-state index contributed by atoms with van der Waals surface area (Å²) in [6, 6.07) is 0. The fraction of sp³-hybridized carbons (Fsp3) is 0.444. The van der Waals surface area contributed by atoms with Crippen LogP contribution in [0.25, 0.3) is 5.65 Å². The standard InChI is InChI=1S/C9H13N5O/c1-3-15-6(2)8-12-7(10)9-11-4-5-14(9)13-8/h4-6H,3H2,1-2H3,(H2,10,12,13). The van der Waals surface area contributed by atoms with Crippen LogP contribution in [0.3, 0.4) is 0 Å². The van der Waals surface area contributed by atoms with E-state index in [0.717, 1.165) is 0 Å². The van der Waals surface area contributed by atoms with Gasteiger partial charge in [-0.3, -0.25) is 0 Å². The third-order valence-corrected chi connectivity index (χ3v) is 2.08. The van der Waals surface area contributed by atoms with Crippen molar-refractivity contribution >= 4 is 11.5 Å². The van der Waals surface area contributed by atoms with Gasteiger partial charge in [0.1, 0.15) is 6.10 Å². The van der Waals surface area contributed by atoms with Crippen molar-refractivity contribution in [3.8, 4) is 0 Å². The minimum atomic E-state index is -0.163. The van der Waals surface area contributed by atoms with Crippen LogP contribution in [0.4, 0.5) is 5.82 Å². The van der Waals surface area contributed by atoms with Crippen molar-refractivity contribution in [3.05, 3.63) is 18.2 Å². The fourth-order valence-electron chi connectivity index (χ4n) is 1.36. The van der Waals surface area contributed by atoms with Crippen molar-refractivity contribution in [2.24, 2.45) is 0 Å². The number of fused-ring (bicyclic) bond motifs is 1. The number of hydrogen-bond acceptors (Lipinski definition) is 5. The van der Waals surface area contributed by atoms with Gasteiger partial charge in [0.2, 0.25) is 0 Å². The summed E-state index contributed by atoms with van der Waals surface area (Å²) in [5.41, 5.74) is 6.32. The molecule has 15 heavy (non-hydrogen) atoms. The van der Waals surface area contributed by atoms with E-state index in [2.05, 4.69) is 15.1 Å². The number of imidazole rings is 1. The Morgan fingerprint density at radius 3 is 3.13 bits per heavy atom. The van der Waals surface area contributed by atoms with Crippen molar-refractivity contribution in [1.29, 1.82) is 0 Å². The second-order valence-electron chi connectivity index (χ2n) is 3.15. The highest BCUT2D eigenvalue weighted by Crippen LogP contribution is 2.14. The Labute approximate surface area is 87.1 Å². The first-order chi connectivity index (χ1) is 7.22. The maximum Gasteiger partial charge on any atom is 0.196 e. The number of rotatable bonds is 3. The molecule has 0 radical (unpaired) electrons. The number of nitrogens with zero attached hydrogens (tertiary/aromatic N) is 4. The fourth-order valence-corrected chi connectivity index (χ4v) is 1.36. The van der Waals surface area contributed by atoms with E-state index in [1.807, 2.05) is 13.8 Å². The molecule has 0 amide bonds. The smallest absolute Gasteiger partial charge is 0.196 e.